The molecule has 2 rings (SSSR count). The predicted molar refractivity (Wildman–Crippen MR) is 76.7 cm³/mol. The zero-order chi connectivity index (χ0) is 12.1. The average molecular weight is 266 g/mol. The number of rotatable bonds is 3. The van der Waals surface area contributed by atoms with Crippen molar-refractivity contribution in [2.45, 2.75) is 6.42 Å². The molecule has 0 saturated carbocycles. The Bertz CT molecular complexity index is 558. The highest BCUT2D eigenvalue weighted by Crippen LogP contribution is 2.17. The van der Waals surface area contributed by atoms with Gasteiger partial charge in [-0.2, -0.15) is 0 Å². The summed E-state index contributed by atoms with van der Waals surface area (Å²) in [6.45, 7) is 0.785. The lowest BCUT2D eigenvalue weighted by Crippen LogP contribution is -2.22. The monoisotopic (exact) mass is 266 g/mol. The van der Waals surface area contributed by atoms with E-state index >= 15 is 0 Å². The van der Waals surface area contributed by atoms with Crippen LogP contribution in [0.3, 0.4) is 0 Å². The van der Waals surface area contributed by atoms with E-state index < -0.39 is 0 Å². The van der Waals surface area contributed by atoms with Crippen LogP contribution in [0.4, 0.5) is 0 Å². The smallest absolute Gasteiger partial charge is 0.143 e. The highest BCUT2D eigenvalue weighted by Gasteiger charge is 2.02. The van der Waals surface area contributed by atoms with Gasteiger partial charge in [-0.05, 0) is 24.3 Å². The van der Waals surface area contributed by atoms with E-state index in [4.69, 9.17) is 0 Å². The summed E-state index contributed by atoms with van der Waals surface area (Å²) in [5.41, 5.74) is 2.44. The molecule has 2 N–H and O–H groups in total. The molecule has 0 radical (unpaired) electrons. The molecule has 90 valence electrons. The van der Waals surface area contributed by atoms with Gasteiger partial charge in [-0.15, -0.1) is 11.8 Å². The molecule has 0 aliphatic rings. The number of nitrogens with one attached hydrogen (secondary N) is 2. The van der Waals surface area contributed by atoms with E-state index in [0.717, 1.165) is 22.8 Å². The molecule has 0 amide bonds. The molecule has 1 aromatic heterocycles. The molecule has 3 nitrogen and oxygen atoms in total. The van der Waals surface area contributed by atoms with Crippen molar-refractivity contribution in [3.63, 3.8) is 0 Å². The molecule has 0 atom stereocenters. The van der Waals surface area contributed by atoms with E-state index in [2.05, 4.69) is 22.4 Å². The highest BCUT2D eigenvalue weighted by atomic mass is 32.2. The lowest BCUT2D eigenvalue weighted by atomic mass is 10.1. The van der Waals surface area contributed by atoms with Gasteiger partial charge in [0.2, 0.25) is 0 Å². The van der Waals surface area contributed by atoms with Gasteiger partial charge in [-0.1, -0.05) is 18.2 Å². The first kappa shape index (κ1) is 12.4. The Hall–Kier alpha value is -1.04. The summed E-state index contributed by atoms with van der Waals surface area (Å²) < 4.78 is 11.4. The number of H-pyrrole nitrogens is 1. The SMILES string of the molecule is CSC(NCCc1c[nH]c2ccccc12)=S=O. The topological polar surface area (TPSA) is 44.9 Å². The zero-order valence-electron chi connectivity index (χ0n) is 9.53. The first-order valence-corrected chi connectivity index (χ1v) is 7.31. The van der Waals surface area contributed by atoms with Gasteiger partial charge < -0.3 is 4.98 Å². The van der Waals surface area contributed by atoms with E-state index in [1.807, 2.05) is 24.6 Å². The fraction of sp³-hybridized carbons (Fsp3) is 0.250. The van der Waals surface area contributed by atoms with E-state index in [1.165, 1.54) is 22.7 Å². The van der Waals surface area contributed by atoms with Crippen LogP contribution in [-0.2, 0) is 17.7 Å². The number of para-hydroxylation sites is 1. The maximum Gasteiger partial charge on any atom is 0.143 e. The summed E-state index contributed by atoms with van der Waals surface area (Å²) in [6.07, 6.45) is 4.85. The number of aromatic nitrogens is 1. The molecule has 2 aromatic rings. The summed E-state index contributed by atoms with van der Waals surface area (Å²) in [5.74, 6) is 0. The van der Waals surface area contributed by atoms with Crippen molar-refractivity contribution in [3.05, 3.63) is 36.0 Å². The van der Waals surface area contributed by atoms with Crippen molar-refractivity contribution in [2.24, 2.45) is 0 Å². The van der Waals surface area contributed by atoms with Crippen LogP contribution in [0, 0.1) is 0 Å². The van der Waals surface area contributed by atoms with Gasteiger partial charge in [-0.25, -0.2) is 4.21 Å². The van der Waals surface area contributed by atoms with Crippen molar-refractivity contribution in [1.29, 1.82) is 0 Å². The van der Waals surface area contributed by atoms with Gasteiger partial charge in [0, 0.05) is 23.6 Å². The van der Waals surface area contributed by atoms with E-state index in [-0.39, 0.29) is 0 Å². The van der Waals surface area contributed by atoms with Crippen LogP contribution < -0.4 is 5.32 Å². The van der Waals surface area contributed by atoms with Crippen molar-refractivity contribution >= 4 is 38.2 Å². The lowest BCUT2D eigenvalue weighted by Gasteiger charge is -2.02. The maximum atomic E-state index is 10.7. The Morgan fingerprint density at radius 2 is 2.24 bits per heavy atom. The largest absolute Gasteiger partial charge is 0.361 e. The first-order valence-electron chi connectivity index (χ1n) is 5.34. The van der Waals surface area contributed by atoms with Crippen LogP contribution in [0.25, 0.3) is 10.9 Å². The van der Waals surface area contributed by atoms with E-state index in [9.17, 15) is 4.21 Å². The van der Waals surface area contributed by atoms with Gasteiger partial charge in [-0.3, -0.25) is 5.32 Å². The van der Waals surface area contributed by atoms with Crippen molar-refractivity contribution < 1.29 is 4.21 Å². The summed E-state index contributed by atoms with van der Waals surface area (Å²) in [7, 11) is 0. The number of aromatic amines is 1. The van der Waals surface area contributed by atoms with Crippen LogP contribution in [0.5, 0.6) is 0 Å². The summed E-state index contributed by atoms with van der Waals surface area (Å²) in [4.78, 5) is 3.25. The Morgan fingerprint density at radius 3 is 3.00 bits per heavy atom. The standard InChI is InChI=1S/C12H14N2OS2/c1-16-12(17-15)13-7-6-9-8-14-11-5-3-2-4-10(9)11/h2-5,8,13-14H,6-7H2,1H3. The van der Waals surface area contributed by atoms with Crippen LogP contribution in [0.15, 0.2) is 30.5 Å². The van der Waals surface area contributed by atoms with Crippen molar-refractivity contribution in [3.8, 4) is 0 Å². The molecule has 0 aliphatic carbocycles. The first-order chi connectivity index (χ1) is 8.35. The third-order valence-electron chi connectivity index (χ3n) is 2.60. The summed E-state index contributed by atoms with van der Waals surface area (Å²) in [6, 6.07) is 8.25. The Morgan fingerprint density at radius 1 is 1.41 bits per heavy atom. The van der Waals surface area contributed by atoms with Crippen molar-refractivity contribution in [1.82, 2.24) is 10.3 Å². The van der Waals surface area contributed by atoms with E-state index in [1.54, 1.807) is 0 Å². The molecule has 0 saturated heterocycles. The minimum atomic E-state index is 0.521. The van der Waals surface area contributed by atoms with Crippen LogP contribution in [0.2, 0.25) is 0 Å². The normalized spacial score (nSPS) is 10.6. The molecule has 0 aliphatic heterocycles. The second-order valence-electron chi connectivity index (χ2n) is 3.61. The fourth-order valence-corrected chi connectivity index (χ4v) is 2.45. The predicted octanol–water partition coefficient (Wildman–Crippen LogP) is 1.96. The van der Waals surface area contributed by atoms with Crippen LogP contribution in [-0.4, -0.2) is 26.3 Å². The van der Waals surface area contributed by atoms with Gasteiger partial charge in [0.05, 0.1) is 0 Å². The molecular weight excluding hydrogens is 252 g/mol. The quantitative estimate of drug-likeness (QED) is 0.835. The molecule has 1 aromatic carbocycles. The average Bonchev–Trinajstić information content (AvgIpc) is 2.78. The minimum absolute atomic E-state index is 0.521. The number of hydrogen-bond acceptors (Lipinski definition) is 2. The van der Waals surface area contributed by atoms with Crippen LogP contribution in [0.1, 0.15) is 5.56 Å². The molecule has 0 bridgehead atoms. The molecule has 17 heavy (non-hydrogen) atoms. The molecule has 1 heterocycles. The summed E-state index contributed by atoms with van der Waals surface area (Å²) in [5, 5.41) is 4.40. The third kappa shape index (κ3) is 3.00. The fourth-order valence-electron chi connectivity index (χ4n) is 1.77. The molecule has 0 fully saturated rings. The Labute approximate surface area is 108 Å². The molecule has 5 heteroatoms. The van der Waals surface area contributed by atoms with Crippen molar-refractivity contribution in [2.75, 3.05) is 12.8 Å². The minimum Gasteiger partial charge on any atom is -0.361 e. The Balaban J connectivity index is 2.02. The maximum absolute atomic E-state index is 10.7. The number of benzene rings is 1. The highest BCUT2D eigenvalue weighted by molar-refractivity contribution is 8.20. The van der Waals surface area contributed by atoms with Gasteiger partial charge in [0.1, 0.15) is 15.6 Å². The lowest BCUT2D eigenvalue weighted by molar-refractivity contribution is 0.700. The molecular formula is C12H14N2OS2. The Kier molecular flexibility index (Phi) is 4.42. The third-order valence-corrected chi connectivity index (χ3v) is 4.11. The van der Waals surface area contributed by atoms with E-state index in [0.29, 0.717) is 11.3 Å². The second kappa shape index (κ2) is 6.05. The number of fused-ring (bicyclic) bond motifs is 1. The second-order valence-corrected chi connectivity index (χ2v) is 5.26. The van der Waals surface area contributed by atoms with Gasteiger partial charge >= 0.3 is 0 Å². The van der Waals surface area contributed by atoms with Gasteiger partial charge in [0.15, 0.2) is 0 Å². The molecule has 0 spiro atoms. The molecule has 0 unspecified atom stereocenters. The van der Waals surface area contributed by atoms with Gasteiger partial charge in [0.25, 0.3) is 0 Å². The number of thioether (sulfide) groups is 1. The number of hydrogen-bond donors (Lipinski definition) is 2. The summed E-state index contributed by atoms with van der Waals surface area (Å²) >= 11 is 1.98. The van der Waals surface area contributed by atoms with Crippen LogP contribution >= 0.6 is 11.8 Å². The zero-order valence-corrected chi connectivity index (χ0v) is 11.2.